The van der Waals surface area contributed by atoms with Gasteiger partial charge in [0.25, 0.3) is 0 Å². The van der Waals surface area contributed by atoms with Gasteiger partial charge in [-0.1, -0.05) is 13.8 Å². The maximum absolute atomic E-state index is 10.1. The third-order valence-corrected chi connectivity index (χ3v) is 4.10. The molecule has 6 nitrogen and oxygen atoms in total. The quantitative estimate of drug-likeness (QED) is 0.594. The predicted octanol–water partition coefficient (Wildman–Crippen LogP) is 3.41. The highest BCUT2D eigenvalue weighted by Gasteiger charge is 2.20. The van der Waals surface area contributed by atoms with Crippen molar-refractivity contribution in [2.45, 2.75) is 19.8 Å². The van der Waals surface area contributed by atoms with Crippen LogP contribution in [0.25, 0.3) is 0 Å². The van der Waals surface area contributed by atoms with Gasteiger partial charge in [-0.2, -0.15) is 0 Å². The molecule has 0 saturated carbocycles. The number of hydrogen-bond donors (Lipinski definition) is 3. The van der Waals surface area contributed by atoms with Gasteiger partial charge in [0.1, 0.15) is 17.3 Å². The molecular weight excluding hydrogens is 308 g/mol. The number of nitrogens with zero attached hydrogens (tertiary/aromatic N) is 1. The number of aromatic hydroxyl groups is 2. The van der Waals surface area contributed by atoms with Crippen molar-refractivity contribution in [3.8, 4) is 23.0 Å². The summed E-state index contributed by atoms with van der Waals surface area (Å²) in [7, 11) is 1.74. The molecule has 1 heterocycles. The molecule has 126 valence electrons. The minimum absolute atomic E-state index is 0.0322. The van der Waals surface area contributed by atoms with Crippen LogP contribution in [0.4, 0.5) is 5.69 Å². The van der Waals surface area contributed by atoms with Crippen LogP contribution in [0.15, 0.2) is 30.3 Å². The number of anilines is 1. The monoisotopic (exact) mass is 328 g/mol. The van der Waals surface area contributed by atoms with E-state index in [4.69, 9.17) is 14.9 Å². The van der Waals surface area contributed by atoms with Crippen LogP contribution in [0.1, 0.15) is 30.9 Å². The summed E-state index contributed by atoms with van der Waals surface area (Å²) >= 11 is 0. The van der Waals surface area contributed by atoms with Crippen LogP contribution in [0, 0.1) is 5.41 Å². The normalized spacial score (nSPS) is 12.5. The highest BCUT2D eigenvalue weighted by atomic mass is 16.7. The van der Waals surface area contributed by atoms with E-state index in [9.17, 15) is 10.2 Å². The van der Waals surface area contributed by atoms with Gasteiger partial charge in [-0.25, -0.2) is 0 Å². The van der Waals surface area contributed by atoms with Crippen molar-refractivity contribution in [3.05, 3.63) is 41.5 Å². The van der Waals surface area contributed by atoms with E-state index in [2.05, 4.69) is 0 Å². The van der Waals surface area contributed by atoms with Crippen LogP contribution in [-0.2, 0) is 0 Å². The highest BCUT2D eigenvalue weighted by molar-refractivity contribution is 6.09. The van der Waals surface area contributed by atoms with Gasteiger partial charge in [-0.05, 0) is 29.7 Å². The fourth-order valence-corrected chi connectivity index (χ4v) is 2.65. The van der Waals surface area contributed by atoms with Crippen molar-refractivity contribution >= 4 is 11.5 Å². The summed E-state index contributed by atoms with van der Waals surface area (Å²) in [6, 6.07) is 8.34. The fourth-order valence-electron chi connectivity index (χ4n) is 2.65. The first-order chi connectivity index (χ1) is 11.4. The summed E-state index contributed by atoms with van der Waals surface area (Å²) in [5.74, 6) is 1.40. The van der Waals surface area contributed by atoms with Gasteiger partial charge in [-0.3, -0.25) is 5.41 Å². The molecule has 2 aromatic carbocycles. The van der Waals surface area contributed by atoms with Crippen molar-refractivity contribution < 1.29 is 19.7 Å². The lowest BCUT2D eigenvalue weighted by molar-refractivity contribution is 0.174. The number of amidine groups is 1. The van der Waals surface area contributed by atoms with Crippen LogP contribution >= 0.6 is 0 Å². The van der Waals surface area contributed by atoms with E-state index in [1.807, 2.05) is 19.9 Å². The molecule has 0 atom stereocenters. The molecule has 6 heteroatoms. The van der Waals surface area contributed by atoms with Crippen molar-refractivity contribution in [2.24, 2.45) is 0 Å². The maximum atomic E-state index is 10.1. The Kier molecular flexibility index (Phi) is 3.97. The fraction of sp³-hybridized carbons (Fsp3) is 0.278. The number of hydrogen-bond acceptors (Lipinski definition) is 5. The average molecular weight is 328 g/mol. The Balaban J connectivity index is 1.95. The lowest BCUT2D eigenvalue weighted by Gasteiger charge is -2.22. The van der Waals surface area contributed by atoms with E-state index < -0.39 is 0 Å². The Morgan fingerprint density at radius 2 is 1.79 bits per heavy atom. The maximum Gasteiger partial charge on any atom is 0.231 e. The first-order valence-electron chi connectivity index (χ1n) is 7.66. The number of phenolic OH excluding ortho intramolecular Hbond substituents is 2. The summed E-state index contributed by atoms with van der Waals surface area (Å²) in [5.41, 5.74) is 1.78. The molecule has 2 aromatic rings. The number of fused-ring (bicyclic) bond motifs is 1. The zero-order chi connectivity index (χ0) is 17.4. The van der Waals surface area contributed by atoms with Gasteiger partial charge in [0.15, 0.2) is 11.5 Å². The summed E-state index contributed by atoms with van der Waals surface area (Å²) in [5, 5.41) is 28.5. The molecule has 0 radical (unpaired) electrons. The molecule has 3 N–H and O–H groups in total. The molecular formula is C18H20N2O4. The van der Waals surface area contributed by atoms with E-state index in [-0.39, 0.29) is 30.0 Å². The zero-order valence-electron chi connectivity index (χ0n) is 13.8. The topological polar surface area (TPSA) is 86.0 Å². The second-order valence-electron chi connectivity index (χ2n) is 6.03. The lowest BCUT2D eigenvalue weighted by Crippen LogP contribution is -2.26. The minimum Gasteiger partial charge on any atom is -0.508 e. The number of rotatable bonds is 3. The zero-order valence-corrected chi connectivity index (χ0v) is 13.8. The molecule has 0 aliphatic carbocycles. The second-order valence-corrected chi connectivity index (χ2v) is 6.03. The van der Waals surface area contributed by atoms with Crippen molar-refractivity contribution in [1.82, 2.24) is 0 Å². The van der Waals surface area contributed by atoms with E-state index in [0.717, 1.165) is 5.69 Å². The summed E-state index contributed by atoms with van der Waals surface area (Å²) in [6.07, 6.45) is 0. The Labute approximate surface area is 140 Å². The summed E-state index contributed by atoms with van der Waals surface area (Å²) in [4.78, 5) is 1.64. The standard InChI is InChI=1S/C18H20N2O4/c1-10(2)12-7-13(15(22)8-14(12)21)18(19)20(3)11-4-5-16-17(6-11)24-9-23-16/h4-8,10,19,21-22H,9H2,1-3H3. The van der Waals surface area contributed by atoms with Crippen LogP contribution in [0.3, 0.4) is 0 Å². The Bertz CT molecular complexity index is 802. The molecule has 24 heavy (non-hydrogen) atoms. The number of ether oxygens (including phenoxy) is 2. The van der Waals surface area contributed by atoms with E-state index in [0.29, 0.717) is 22.6 Å². The van der Waals surface area contributed by atoms with Gasteiger partial charge in [-0.15, -0.1) is 0 Å². The molecule has 3 rings (SSSR count). The van der Waals surface area contributed by atoms with E-state index in [1.54, 1.807) is 30.1 Å². The average Bonchev–Trinajstić information content (AvgIpc) is 3.00. The first-order valence-corrected chi connectivity index (χ1v) is 7.66. The number of benzene rings is 2. The molecule has 0 amide bonds. The Hall–Kier alpha value is -2.89. The van der Waals surface area contributed by atoms with E-state index in [1.165, 1.54) is 6.07 Å². The SMILES string of the molecule is CC(C)c1cc(C(=N)N(C)c2ccc3c(c2)OCO3)c(O)cc1O. The molecule has 0 fully saturated rings. The summed E-state index contributed by atoms with van der Waals surface area (Å²) in [6.45, 7) is 4.08. The van der Waals surface area contributed by atoms with Crippen molar-refractivity contribution in [3.63, 3.8) is 0 Å². The molecule has 0 bridgehead atoms. The minimum atomic E-state index is -0.130. The smallest absolute Gasteiger partial charge is 0.231 e. The predicted molar refractivity (Wildman–Crippen MR) is 91.7 cm³/mol. The van der Waals surface area contributed by atoms with Crippen LogP contribution in [0.2, 0.25) is 0 Å². The molecule has 0 spiro atoms. The van der Waals surface area contributed by atoms with Gasteiger partial charge >= 0.3 is 0 Å². The summed E-state index contributed by atoms with van der Waals surface area (Å²) < 4.78 is 10.7. The van der Waals surface area contributed by atoms with Crippen LogP contribution in [-0.4, -0.2) is 29.9 Å². The van der Waals surface area contributed by atoms with Crippen molar-refractivity contribution in [2.75, 3.05) is 18.7 Å². The van der Waals surface area contributed by atoms with E-state index >= 15 is 0 Å². The van der Waals surface area contributed by atoms with Gasteiger partial charge in [0, 0.05) is 24.9 Å². The second kappa shape index (κ2) is 5.96. The molecule has 0 saturated heterocycles. The number of phenols is 2. The molecule has 1 aliphatic rings. The molecule has 0 unspecified atom stereocenters. The van der Waals surface area contributed by atoms with Gasteiger partial charge in [0.2, 0.25) is 6.79 Å². The lowest BCUT2D eigenvalue weighted by atomic mass is 9.98. The van der Waals surface area contributed by atoms with Gasteiger partial charge in [0.05, 0.1) is 5.56 Å². The van der Waals surface area contributed by atoms with Crippen LogP contribution < -0.4 is 14.4 Å². The Morgan fingerprint density at radius 3 is 2.50 bits per heavy atom. The first kappa shape index (κ1) is 16.0. The Morgan fingerprint density at radius 1 is 1.08 bits per heavy atom. The highest BCUT2D eigenvalue weighted by Crippen LogP contribution is 2.37. The number of nitrogens with one attached hydrogen (secondary N) is 1. The third kappa shape index (κ3) is 2.71. The van der Waals surface area contributed by atoms with Crippen molar-refractivity contribution in [1.29, 1.82) is 5.41 Å². The van der Waals surface area contributed by atoms with Crippen LogP contribution in [0.5, 0.6) is 23.0 Å². The van der Waals surface area contributed by atoms with Gasteiger partial charge < -0.3 is 24.6 Å². The molecule has 0 aromatic heterocycles. The third-order valence-electron chi connectivity index (χ3n) is 4.10. The molecule has 1 aliphatic heterocycles. The largest absolute Gasteiger partial charge is 0.508 e.